The number of hydrogen-bond donors (Lipinski definition) is 2. The van der Waals surface area contributed by atoms with Crippen LogP contribution < -0.4 is 26.0 Å². The number of benzene rings is 1. The summed E-state index contributed by atoms with van der Waals surface area (Å²) >= 11 is 0. The Balaban J connectivity index is 1.45. The maximum Gasteiger partial charge on any atom is 0.328 e. The molecule has 2 fully saturated rings. The highest BCUT2D eigenvalue weighted by atomic mass is 16.5. The second kappa shape index (κ2) is 11.1. The summed E-state index contributed by atoms with van der Waals surface area (Å²) in [4.78, 5) is 41.5. The third kappa shape index (κ3) is 5.47. The van der Waals surface area contributed by atoms with Crippen LogP contribution in [0.1, 0.15) is 71.6 Å². The van der Waals surface area contributed by atoms with E-state index in [1.54, 1.807) is 12.1 Å². The third-order valence-corrected chi connectivity index (χ3v) is 7.26. The minimum absolute atomic E-state index is 0.0375. The summed E-state index contributed by atoms with van der Waals surface area (Å²) in [5, 5.41) is 3.66. The van der Waals surface area contributed by atoms with Crippen molar-refractivity contribution in [3.8, 4) is 11.5 Å². The normalized spacial score (nSPS) is 21.4. The molecule has 8 nitrogen and oxygen atoms in total. The molecule has 0 bridgehead atoms. The lowest BCUT2D eigenvalue weighted by Crippen LogP contribution is -2.42. The molecule has 0 atom stereocenters. The van der Waals surface area contributed by atoms with Crippen molar-refractivity contribution in [1.82, 2.24) is 14.9 Å². The van der Waals surface area contributed by atoms with Gasteiger partial charge < -0.3 is 19.8 Å². The molecule has 2 saturated carbocycles. The summed E-state index contributed by atoms with van der Waals surface area (Å²) in [7, 11) is 0. The van der Waals surface area contributed by atoms with E-state index in [4.69, 9.17) is 9.47 Å². The SMILES string of the molecule is CCOc1cc2[nH]c(=O)n(CC3CCC(C(=O)NC4CCCCC4)CC3)c(=O)c2cc1OCC. The van der Waals surface area contributed by atoms with E-state index < -0.39 is 5.69 Å². The van der Waals surface area contributed by atoms with Gasteiger partial charge in [-0.15, -0.1) is 0 Å². The quantitative estimate of drug-likeness (QED) is 0.611. The number of amides is 1. The topological polar surface area (TPSA) is 102 Å². The zero-order chi connectivity index (χ0) is 24.1. The lowest BCUT2D eigenvalue weighted by Gasteiger charge is -2.30. The van der Waals surface area contributed by atoms with Gasteiger partial charge in [-0.3, -0.25) is 14.2 Å². The number of aromatic nitrogens is 2. The first-order valence-electron chi connectivity index (χ1n) is 12.9. The lowest BCUT2D eigenvalue weighted by molar-refractivity contribution is -0.127. The van der Waals surface area contributed by atoms with Crippen LogP contribution in [-0.4, -0.2) is 34.7 Å². The van der Waals surface area contributed by atoms with Crippen LogP contribution in [0.15, 0.2) is 21.7 Å². The zero-order valence-corrected chi connectivity index (χ0v) is 20.4. The first-order valence-corrected chi connectivity index (χ1v) is 12.9. The molecule has 2 aliphatic rings. The Morgan fingerprint density at radius 1 is 0.971 bits per heavy atom. The Bertz CT molecular complexity index is 1110. The molecule has 186 valence electrons. The molecule has 1 heterocycles. The van der Waals surface area contributed by atoms with Crippen LogP contribution in [-0.2, 0) is 11.3 Å². The number of fused-ring (bicyclic) bond motifs is 1. The number of nitrogens with one attached hydrogen (secondary N) is 2. The van der Waals surface area contributed by atoms with Crippen molar-refractivity contribution in [3.05, 3.63) is 33.0 Å². The molecule has 2 aliphatic carbocycles. The maximum absolute atomic E-state index is 13.2. The van der Waals surface area contributed by atoms with E-state index in [1.165, 1.54) is 23.8 Å². The number of H-pyrrole nitrogens is 1. The minimum Gasteiger partial charge on any atom is -0.490 e. The minimum atomic E-state index is -0.415. The molecule has 0 aliphatic heterocycles. The van der Waals surface area contributed by atoms with Crippen LogP contribution in [0.3, 0.4) is 0 Å². The number of rotatable bonds is 8. The van der Waals surface area contributed by atoms with E-state index in [1.807, 2.05) is 13.8 Å². The fourth-order valence-corrected chi connectivity index (χ4v) is 5.39. The Morgan fingerprint density at radius 2 is 1.62 bits per heavy atom. The van der Waals surface area contributed by atoms with Gasteiger partial charge in [0.2, 0.25) is 5.91 Å². The molecule has 0 radical (unpaired) electrons. The molecule has 2 N–H and O–H groups in total. The van der Waals surface area contributed by atoms with E-state index in [0.717, 1.165) is 38.5 Å². The van der Waals surface area contributed by atoms with Gasteiger partial charge in [0.05, 0.1) is 24.1 Å². The number of carbonyl (C=O) groups excluding carboxylic acids is 1. The Labute approximate surface area is 200 Å². The molecule has 1 aromatic heterocycles. The fraction of sp³-hybridized carbons (Fsp3) is 0.654. The smallest absolute Gasteiger partial charge is 0.328 e. The van der Waals surface area contributed by atoms with Crippen molar-refractivity contribution < 1.29 is 14.3 Å². The van der Waals surface area contributed by atoms with E-state index in [-0.39, 0.29) is 23.3 Å². The molecule has 0 saturated heterocycles. The molecular formula is C26H37N3O5. The molecule has 2 aromatic rings. The Morgan fingerprint density at radius 3 is 2.26 bits per heavy atom. The molecule has 4 rings (SSSR count). The first kappa shape index (κ1) is 24.4. The van der Waals surface area contributed by atoms with Crippen molar-refractivity contribution in [1.29, 1.82) is 0 Å². The average Bonchev–Trinajstić information content (AvgIpc) is 2.84. The summed E-state index contributed by atoms with van der Waals surface area (Å²) in [6, 6.07) is 3.65. The van der Waals surface area contributed by atoms with Gasteiger partial charge in [-0.1, -0.05) is 19.3 Å². The van der Waals surface area contributed by atoms with Gasteiger partial charge in [0.1, 0.15) is 0 Å². The molecule has 34 heavy (non-hydrogen) atoms. The highest BCUT2D eigenvalue weighted by molar-refractivity contribution is 5.81. The average molecular weight is 472 g/mol. The monoisotopic (exact) mass is 471 g/mol. The van der Waals surface area contributed by atoms with Gasteiger partial charge in [-0.2, -0.15) is 0 Å². The summed E-state index contributed by atoms with van der Waals surface area (Å²) in [5.74, 6) is 1.42. The van der Waals surface area contributed by atoms with E-state index in [2.05, 4.69) is 10.3 Å². The van der Waals surface area contributed by atoms with Gasteiger partial charge in [0, 0.05) is 24.6 Å². The molecule has 1 aromatic carbocycles. The number of aromatic amines is 1. The van der Waals surface area contributed by atoms with Crippen molar-refractivity contribution >= 4 is 16.8 Å². The molecule has 1 amide bonds. The standard InChI is InChI=1S/C26H37N3O5/c1-3-33-22-14-20-21(15-23(22)34-4-2)28-26(32)29(25(20)31)16-17-10-12-18(13-11-17)24(30)27-19-8-6-5-7-9-19/h14-15,17-19H,3-13,16H2,1-2H3,(H,27,30)(H,28,32). The summed E-state index contributed by atoms with van der Waals surface area (Å²) in [6.07, 6.45) is 9.12. The van der Waals surface area contributed by atoms with Gasteiger partial charge in [-0.05, 0) is 64.4 Å². The summed E-state index contributed by atoms with van der Waals surface area (Å²) in [5.41, 5.74) is -0.289. The first-order chi connectivity index (χ1) is 16.5. The molecular weight excluding hydrogens is 434 g/mol. The number of ether oxygens (including phenoxy) is 2. The number of nitrogens with zero attached hydrogens (tertiary/aromatic N) is 1. The van der Waals surface area contributed by atoms with Crippen LogP contribution in [0.2, 0.25) is 0 Å². The van der Waals surface area contributed by atoms with Crippen LogP contribution >= 0.6 is 0 Å². The number of carbonyl (C=O) groups is 1. The van der Waals surface area contributed by atoms with Gasteiger partial charge in [-0.25, -0.2) is 4.79 Å². The molecule has 0 spiro atoms. The second-order valence-corrected chi connectivity index (χ2v) is 9.62. The van der Waals surface area contributed by atoms with E-state index >= 15 is 0 Å². The van der Waals surface area contributed by atoms with Crippen LogP contribution in [0.25, 0.3) is 10.9 Å². The van der Waals surface area contributed by atoms with Crippen molar-refractivity contribution in [2.24, 2.45) is 11.8 Å². The Kier molecular flexibility index (Phi) is 7.95. The fourth-order valence-electron chi connectivity index (χ4n) is 5.39. The summed E-state index contributed by atoms with van der Waals surface area (Å²) in [6.45, 7) is 5.00. The molecule has 0 unspecified atom stereocenters. The zero-order valence-electron chi connectivity index (χ0n) is 20.4. The van der Waals surface area contributed by atoms with Crippen LogP contribution in [0.4, 0.5) is 0 Å². The number of hydrogen-bond acceptors (Lipinski definition) is 5. The van der Waals surface area contributed by atoms with E-state index in [0.29, 0.717) is 48.2 Å². The van der Waals surface area contributed by atoms with Crippen molar-refractivity contribution in [2.75, 3.05) is 13.2 Å². The highest BCUT2D eigenvalue weighted by Crippen LogP contribution is 2.32. The highest BCUT2D eigenvalue weighted by Gasteiger charge is 2.29. The largest absolute Gasteiger partial charge is 0.490 e. The Hall–Kier alpha value is -2.77. The van der Waals surface area contributed by atoms with Crippen molar-refractivity contribution in [2.45, 2.75) is 84.2 Å². The second-order valence-electron chi connectivity index (χ2n) is 9.62. The predicted octanol–water partition coefficient (Wildman–Crippen LogP) is 3.74. The van der Waals surface area contributed by atoms with Crippen LogP contribution in [0.5, 0.6) is 11.5 Å². The maximum atomic E-state index is 13.2. The third-order valence-electron chi connectivity index (χ3n) is 7.26. The lowest BCUT2D eigenvalue weighted by atomic mass is 9.81. The predicted molar refractivity (Wildman–Crippen MR) is 132 cm³/mol. The molecule has 8 heteroatoms. The van der Waals surface area contributed by atoms with Gasteiger partial charge in [0.25, 0.3) is 5.56 Å². The van der Waals surface area contributed by atoms with Gasteiger partial charge >= 0.3 is 5.69 Å². The van der Waals surface area contributed by atoms with Crippen molar-refractivity contribution in [3.63, 3.8) is 0 Å². The van der Waals surface area contributed by atoms with E-state index in [9.17, 15) is 14.4 Å². The summed E-state index contributed by atoms with van der Waals surface area (Å²) < 4.78 is 12.6. The van der Waals surface area contributed by atoms with Gasteiger partial charge in [0.15, 0.2) is 11.5 Å². The van der Waals surface area contributed by atoms with Crippen LogP contribution in [0, 0.1) is 11.8 Å².